The summed E-state index contributed by atoms with van der Waals surface area (Å²) in [6, 6.07) is 0.246. The standard InChI is InChI=1S/C13H24N4O3/c14-11-3-1-10(2-4-11)9-15-12(18)16-5-7-17(8-6-16)13(19)20/h10-11H,1-9,14H2,(H,15,18)(H,19,20). The van der Waals surface area contributed by atoms with Crippen LogP contribution in [0, 0.1) is 5.92 Å². The van der Waals surface area contributed by atoms with E-state index in [-0.39, 0.29) is 6.03 Å². The van der Waals surface area contributed by atoms with Gasteiger partial charge in [-0.1, -0.05) is 0 Å². The van der Waals surface area contributed by atoms with E-state index in [0.717, 1.165) is 25.7 Å². The Labute approximate surface area is 119 Å². The van der Waals surface area contributed by atoms with Crippen LogP contribution in [0.15, 0.2) is 0 Å². The van der Waals surface area contributed by atoms with Gasteiger partial charge in [-0.15, -0.1) is 0 Å². The molecule has 7 heteroatoms. The summed E-state index contributed by atoms with van der Waals surface area (Å²) in [5.41, 5.74) is 5.86. The molecule has 0 atom stereocenters. The molecule has 2 aliphatic rings. The van der Waals surface area contributed by atoms with Crippen LogP contribution < -0.4 is 11.1 Å². The highest BCUT2D eigenvalue weighted by molar-refractivity contribution is 5.74. The van der Waals surface area contributed by atoms with Crippen molar-refractivity contribution in [3.05, 3.63) is 0 Å². The molecule has 1 heterocycles. The third-order valence-corrected chi connectivity index (χ3v) is 4.27. The molecule has 1 saturated heterocycles. The number of amides is 3. The van der Waals surface area contributed by atoms with Gasteiger partial charge in [0.25, 0.3) is 0 Å². The molecule has 0 bridgehead atoms. The Morgan fingerprint density at radius 3 is 2.15 bits per heavy atom. The Morgan fingerprint density at radius 2 is 1.60 bits per heavy atom. The fraction of sp³-hybridized carbons (Fsp3) is 0.846. The molecule has 114 valence electrons. The molecule has 2 rings (SSSR count). The summed E-state index contributed by atoms with van der Waals surface area (Å²) in [6.07, 6.45) is 3.32. The number of piperazine rings is 1. The maximum atomic E-state index is 12.0. The molecular formula is C13H24N4O3. The van der Waals surface area contributed by atoms with Crippen LogP contribution in [-0.2, 0) is 0 Å². The molecule has 4 N–H and O–H groups in total. The molecule has 1 aliphatic carbocycles. The maximum absolute atomic E-state index is 12.0. The van der Waals surface area contributed by atoms with Crippen molar-refractivity contribution in [2.75, 3.05) is 32.7 Å². The zero-order valence-corrected chi connectivity index (χ0v) is 11.8. The zero-order chi connectivity index (χ0) is 14.5. The molecule has 3 amide bonds. The van der Waals surface area contributed by atoms with Gasteiger partial charge in [-0.05, 0) is 31.6 Å². The predicted octanol–water partition coefficient (Wildman–Crippen LogP) is 0.509. The Hall–Kier alpha value is -1.50. The highest BCUT2D eigenvalue weighted by atomic mass is 16.4. The van der Waals surface area contributed by atoms with E-state index in [9.17, 15) is 9.59 Å². The van der Waals surface area contributed by atoms with Crippen molar-refractivity contribution in [2.45, 2.75) is 31.7 Å². The number of hydrogen-bond donors (Lipinski definition) is 3. The molecule has 7 nitrogen and oxygen atoms in total. The van der Waals surface area contributed by atoms with Crippen molar-refractivity contribution in [1.29, 1.82) is 0 Å². The van der Waals surface area contributed by atoms with Crippen LogP contribution in [0.25, 0.3) is 0 Å². The Balaban J connectivity index is 1.67. The minimum Gasteiger partial charge on any atom is -0.465 e. The normalized spacial score (nSPS) is 27.2. The van der Waals surface area contributed by atoms with Gasteiger partial charge in [-0.3, -0.25) is 0 Å². The number of nitrogens with zero attached hydrogens (tertiary/aromatic N) is 2. The topological polar surface area (TPSA) is 98.9 Å². The van der Waals surface area contributed by atoms with Gasteiger partial charge in [0.15, 0.2) is 0 Å². The minimum atomic E-state index is -0.913. The summed E-state index contributed by atoms with van der Waals surface area (Å²) in [4.78, 5) is 25.8. The van der Waals surface area contributed by atoms with Crippen LogP contribution in [0.1, 0.15) is 25.7 Å². The molecule has 1 aliphatic heterocycles. The SMILES string of the molecule is NC1CCC(CNC(=O)N2CCN(C(=O)O)CC2)CC1. The van der Waals surface area contributed by atoms with Crippen molar-refractivity contribution >= 4 is 12.1 Å². The average molecular weight is 284 g/mol. The van der Waals surface area contributed by atoms with Gasteiger partial charge >= 0.3 is 12.1 Å². The average Bonchev–Trinajstić information content (AvgIpc) is 2.46. The summed E-state index contributed by atoms with van der Waals surface area (Å²) in [5, 5.41) is 11.8. The minimum absolute atomic E-state index is 0.0788. The molecule has 0 aromatic heterocycles. The molecule has 20 heavy (non-hydrogen) atoms. The first-order chi connectivity index (χ1) is 9.56. The van der Waals surface area contributed by atoms with Crippen molar-refractivity contribution in [3.8, 4) is 0 Å². The summed E-state index contributed by atoms with van der Waals surface area (Å²) in [5.74, 6) is 0.527. The van der Waals surface area contributed by atoms with Crippen LogP contribution in [0.4, 0.5) is 9.59 Å². The molecule has 0 aromatic carbocycles. The fourth-order valence-corrected chi connectivity index (χ4v) is 2.84. The third kappa shape index (κ3) is 4.00. The van der Waals surface area contributed by atoms with Crippen molar-refractivity contribution in [1.82, 2.24) is 15.1 Å². The van der Waals surface area contributed by atoms with Gasteiger partial charge < -0.3 is 26.0 Å². The quantitative estimate of drug-likeness (QED) is 0.688. The Morgan fingerprint density at radius 1 is 1.05 bits per heavy atom. The first-order valence-electron chi connectivity index (χ1n) is 7.32. The lowest BCUT2D eigenvalue weighted by atomic mass is 9.86. The highest BCUT2D eigenvalue weighted by Gasteiger charge is 2.24. The van der Waals surface area contributed by atoms with Crippen LogP contribution in [0.5, 0.6) is 0 Å². The number of nitrogens with one attached hydrogen (secondary N) is 1. The molecule has 0 radical (unpaired) electrons. The van der Waals surface area contributed by atoms with E-state index in [1.807, 2.05) is 0 Å². The van der Waals surface area contributed by atoms with Gasteiger partial charge in [0, 0.05) is 38.8 Å². The monoisotopic (exact) mass is 284 g/mol. The number of rotatable bonds is 2. The summed E-state index contributed by atoms with van der Waals surface area (Å²) < 4.78 is 0. The van der Waals surface area contributed by atoms with E-state index in [2.05, 4.69) is 5.32 Å². The lowest BCUT2D eigenvalue weighted by Crippen LogP contribution is -2.53. The molecule has 0 unspecified atom stereocenters. The van der Waals surface area contributed by atoms with Gasteiger partial charge in [-0.2, -0.15) is 0 Å². The van der Waals surface area contributed by atoms with Crippen LogP contribution in [0.3, 0.4) is 0 Å². The summed E-state index contributed by atoms with van der Waals surface area (Å²) in [6.45, 7) is 2.41. The zero-order valence-electron chi connectivity index (χ0n) is 11.8. The summed E-state index contributed by atoms with van der Waals surface area (Å²) >= 11 is 0. The number of urea groups is 1. The molecular weight excluding hydrogens is 260 g/mol. The lowest BCUT2D eigenvalue weighted by molar-refractivity contribution is 0.111. The van der Waals surface area contributed by atoms with Crippen LogP contribution >= 0.6 is 0 Å². The summed E-state index contributed by atoms with van der Waals surface area (Å²) in [7, 11) is 0. The molecule has 1 saturated carbocycles. The van der Waals surface area contributed by atoms with E-state index in [4.69, 9.17) is 10.8 Å². The lowest BCUT2D eigenvalue weighted by Gasteiger charge is -2.34. The number of nitrogens with two attached hydrogens (primary N) is 1. The second-order valence-corrected chi connectivity index (χ2v) is 5.72. The van der Waals surface area contributed by atoms with Gasteiger partial charge in [0.1, 0.15) is 0 Å². The number of hydrogen-bond acceptors (Lipinski definition) is 3. The smallest absolute Gasteiger partial charge is 0.407 e. The third-order valence-electron chi connectivity index (χ3n) is 4.27. The van der Waals surface area contributed by atoms with E-state index < -0.39 is 6.09 Å². The van der Waals surface area contributed by atoms with Crippen LogP contribution in [0.2, 0.25) is 0 Å². The Bertz CT molecular complexity index is 348. The van der Waals surface area contributed by atoms with E-state index in [0.29, 0.717) is 44.7 Å². The van der Waals surface area contributed by atoms with Gasteiger partial charge in [0.2, 0.25) is 0 Å². The van der Waals surface area contributed by atoms with Crippen LogP contribution in [-0.4, -0.2) is 65.8 Å². The fourth-order valence-electron chi connectivity index (χ4n) is 2.84. The van der Waals surface area contributed by atoms with Crippen molar-refractivity contribution in [2.24, 2.45) is 11.7 Å². The van der Waals surface area contributed by atoms with Crippen molar-refractivity contribution in [3.63, 3.8) is 0 Å². The number of carbonyl (C=O) groups excluding carboxylic acids is 1. The van der Waals surface area contributed by atoms with E-state index in [1.165, 1.54) is 4.90 Å². The first-order valence-corrected chi connectivity index (χ1v) is 7.32. The first kappa shape index (κ1) is 14.9. The second-order valence-electron chi connectivity index (χ2n) is 5.72. The largest absolute Gasteiger partial charge is 0.465 e. The number of carbonyl (C=O) groups is 2. The van der Waals surface area contributed by atoms with E-state index in [1.54, 1.807) is 4.90 Å². The Kier molecular flexibility index (Phi) is 5.05. The van der Waals surface area contributed by atoms with E-state index >= 15 is 0 Å². The van der Waals surface area contributed by atoms with Gasteiger partial charge in [-0.25, -0.2) is 9.59 Å². The second kappa shape index (κ2) is 6.78. The predicted molar refractivity (Wildman–Crippen MR) is 74.5 cm³/mol. The highest BCUT2D eigenvalue weighted by Crippen LogP contribution is 2.22. The molecule has 2 fully saturated rings. The maximum Gasteiger partial charge on any atom is 0.407 e. The van der Waals surface area contributed by atoms with Gasteiger partial charge in [0.05, 0.1) is 0 Å². The molecule has 0 aromatic rings. The van der Waals surface area contributed by atoms with Crippen molar-refractivity contribution < 1.29 is 14.7 Å². The molecule has 0 spiro atoms. The number of carboxylic acid groups (broad SMARTS) is 1.